The maximum absolute atomic E-state index is 12.6. The van der Waals surface area contributed by atoms with Gasteiger partial charge in [0, 0.05) is 0 Å². The van der Waals surface area contributed by atoms with Gasteiger partial charge < -0.3 is 0 Å². The molecule has 0 saturated heterocycles. The molecule has 3 N–H and O–H groups in total. The van der Waals surface area contributed by atoms with Gasteiger partial charge in [0.05, 0.1) is 0 Å². The number of nitrogens with one attached hydrogen (secondary N) is 1. The number of thiocarbonyl (C=S) groups is 1. The number of hydrogen-bond acceptors (Lipinski definition) is 3. The van der Waals surface area contributed by atoms with Crippen molar-refractivity contribution in [1.82, 2.24) is 5.43 Å². The van der Waals surface area contributed by atoms with Crippen molar-refractivity contribution in [3.63, 3.8) is 0 Å². The van der Waals surface area contributed by atoms with Crippen LogP contribution in [0.3, 0.4) is 0 Å². The van der Waals surface area contributed by atoms with E-state index in [4.69, 9.17) is 18.0 Å². The van der Waals surface area contributed by atoms with Crippen molar-refractivity contribution in [1.29, 1.82) is 0 Å². The summed E-state index contributed by atoms with van der Waals surface area (Å²) in [6.45, 7) is 2.09. The van der Waals surface area contributed by atoms with Gasteiger partial charge in [-0.15, -0.1) is 0 Å². The molecule has 0 aliphatic rings. The zero-order valence-electron chi connectivity index (χ0n) is 14.1. The van der Waals surface area contributed by atoms with Gasteiger partial charge in [0.15, 0.2) is 0 Å². The Labute approximate surface area is 160 Å². The van der Waals surface area contributed by atoms with Crippen LogP contribution in [-0.2, 0) is 11.2 Å². The number of benzene rings is 2. The van der Waals surface area contributed by atoms with Crippen molar-refractivity contribution >= 4 is 43.4 Å². The Morgan fingerprint density at radius 3 is 2.32 bits per heavy atom. The summed E-state index contributed by atoms with van der Waals surface area (Å²) in [6, 6.07) is 19.7. The zero-order valence-corrected chi connectivity index (χ0v) is 17.0. The Hall–Kier alpha value is -1.97. The third-order valence-corrected chi connectivity index (χ3v) is 6.94. The molecule has 0 fully saturated rings. The first-order valence-corrected chi connectivity index (χ1v) is 10.8. The van der Waals surface area contributed by atoms with Gasteiger partial charge in [0.25, 0.3) is 0 Å². The fourth-order valence-corrected chi connectivity index (χ4v) is 5.16. The number of rotatable bonds is 8. The summed E-state index contributed by atoms with van der Waals surface area (Å²) < 4.78 is 0.442. The molecule has 0 bridgehead atoms. The molecule has 2 aromatic rings. The van der Waals surface area contributed by atoms with E-state index in [2.05, 4.69) is 17.5 Å². The zero-order chi connectivity index (χ0) is 18.1. The van der Waals surface area contributed by atoms with Crippen LogP contribution in [0.25, 0.3) is 0 Å². The molecular formula is C19H22AsN3OS. The van der Waals surface area contributed by atoms with E-state index in [0.29, 0.717) is 11.0 Å². The average molecular weight is 415 g/mol. The number of hydrazone groups is 1. The Morgan fingerprint density at radius 2 is 1.76 bits per heavy atom. The van der Waals surface area contributed by atoms with Crippen molar-refractivity contribution in [2.75, 3.05) is 0 Å². The molecule has 0 aliphatic carbocycles. The van der Waals surface area contributed by atoms with E-state index in [1.165, 1.54) is 0 Å². The van der Waals surface area contributed by atoms with Crippen molar-refractivity contribution in [2.24, 2.45) is 10.8 Å². The molecule has 2 atom stereocenters. The number of nitrogens with zero attached hydrogens (tertiary/aromatic N) is 1. The van der Waals surface area contributed by atoms with E-state index < -0.39 is 15.8 Å². The van der Waals surface area contributed by atoms with Crippen molar-refractivity contribution < 1.29 is 4.79 Å². The van der Waals surface area contributed by atoms with Gasteiger partial charge in [-0.3, -0.25) is 0 Å². The first-order valence-electron chi connectivity index (χ1n) is 8.12. The molecule has 0 heterocycles. The number of nitrogens with two attached hydrogens (primary N) is 1. The minimum absolute atomic E-state index is 0.124. The number of carbonyl (C=O) groups excluding carboxylic acids is 1. The minimum atomic E-state index is -0.879. The van der Waals surface area contributed by atoms with Crippen LogP contribution in [0.5, 0.6) is 0 Å². The first kappa shape index (κ1) is 19.4. The molecule has 0 saturated carbocycles. The predicted molar refractivity (Wildman–Crippen MR) is 109 cm³/mol. The molecular weight excluding hydrogens is 393 g/mol. The molecule has 4 nitrogen and oxygen atoms in total. The Bertz CT molecular complexity index is 735. The number of carbonyl (C=O) groups is 1. The molecule has 0 spiro atoms. The average Bonchev–Trinajstić information content (AvgIpc) is 2.62. The fourth-order valence-electron chi connectivity index (χ4n) is 2.46. The second-order valence-electron chi connectivity index (χ2n) is 5.53. The second-order valence-corrected chi connectivity index (χ2v) is 9.21. The molecule has 130 valence electrons. The second kappa shape index (κ2) is 10.1. The van der Waals surface area contributed by atoms with E-state index in [1.54, 1.807) is 0 Å². The van der Waals surface area contributed by atoms with E-state index >= 15 is 0 Å². The normalized spacial score (nSPS) is 12.9. The first-order chi connectivity index (χ1) is 12.1. The predicted octanol–water partition coefficient (Wildman–Crippen LogP) is 2.63. The van der Waals surface area contributed by atoms with Crippen molar-refractivity contribution in [3.8, 4) is 0 Å². The van der Waals surface area contributed by atoms with Crippen LogP contribution in [0, 0.1) is 0 Å². The third-order valence-electron chi connectivity index (χ3n) is 3.64. The van der Waals surface area contributed by atoms with E-state index in [-0.39, 0.29) is 9.82 Å². The summed E-state index contributed by atoms with van der Waals surface area (Å²) in [6.07, 6.45) is 1.34. The van der Waals surface area contributed by atoms with E-state index in [0.717, 1.165) is 23.3 Å². The summed E-state index contributed by atoms with van der Waals surface area (Å²) >= 11 is 3.99. The molecule has 2 aromatic carbocycles. The Kier molecular flexibility index (Phi) is 7.83. The van der Waals surface area contributed by atoms with Crippen LogP contribution >= 0.6 is 12.2 Å². The van der Waals surface area contributed by atoms with E-state index in [9.17, 15) is 4.79 Å². The van der Waals surface area contributed by atoms with Crippen molar-refractivity contribution in [2.45, 2.75) is 24.5 Å². The van der Waals surface area contributed by atoms with Crippen LogP contribution < -0.4 is 11.2 Å². The molecule has 0 radical (unpaired) electrons. The monoisotopic (exact) mass is 415 g/mol. The van der Waals surface area contributed by atoms with Crippen LogP contribution in [-0.4, -0.2) is 31.1 Å². The third kappa shape index (κ3) is 6.44. The van der Waals surface area contributed by atoms with Crippen LogP contribution in [0.4, 0.5) is 0 Å². The van der Waals surface area contributed by atoms with Gasteiger partial charge in [-0.05, 0) is 0 Å². The van der Waals surface area contributed by atoms with Gasteiger partial charge in [-0.1, -0.05) is 0 Å². The molecule has 2 rings (SSSR count). The topological polar surface area (TPSA) is 67.5 Å². The molecule has 25 heavy (non-hydrogen) atoms. The maximum atomic E-state index is 12.6. The summed E-state index contributed by atoms with van der Waals surface area (Å²) in [5.74, 6) is 0. The number of hydrogen-bond donors (Lipinski definition) is 2. The summed E-state index contributed by atoms with van der Waals surface area (Å²) in [4.78, 5) is 12.6. The summed E-state index contributed by atoms with van der Waals surface area (Å²) in [5, 5.41) is 4.53. The van der Waals surface area contributed by atoms with Gasteiger partial charge in [-0.2, -0.15) is 0 Å². The standard InChI is InChI=1S/C19H22AsN3OS/c1-2-16(20-17(24)13-14-9-5-3-6-10-14)18(22-23-19(21)25)15-11-7-4-8-12-15/h3-12,16,20H,2,13H2,1H3,(H3,21,23,25)/b22-18-. The van der Waals surface area contributed by atoms with Gasteiger partial charge in [0.2, 0.25) is 0 Å². The summed E-state index contributed by atoms with van der Waals surface area (Å²) in [5.41, 5.74) is 11.1. The van der Waals surface area contributed by atoms with Crippen LogP contribution in [0.2, 0.25) is 4.71 Å². The molecule has 0 aliphatic heterocycles. The van der Waals surface area contributed by atoms with Crippen LogP contribution in [0.1, 0.15) is 24.5 Å². The molecule has 6 heteroatoms. The molecule has 2 unspecified atom stereocenters. The molecule has 0 amide bonds. The van der Waals surface area contributed by atoms with Gasteiger partial charge >= 0.3 is 161 Å². The van der Waals surface area contributed by atoms with Gasteiger partial charge in [-0.25, -0.2) is 0 Å². The molecule has 0 aromatic heterocycles. The van der Waals surface area contributed by atoms with E-state index in [1.807, 2.05) is 60.7 Å². The van der Waals surface area contributed by atoms with Crippen molar-refractivity contribution in [3.05, 3.63) is 71.8 Å². The van der Waals surface area contributed by atoms with Crippen LogP contribution in [0.15, 0.2) is 65.8 Å². The SMILES string of the molecule is CCC([AsH]C(=O)Cc1ccccc1)/C(=N\NC(N)=S)c1ccccc1. The summed E-state index contributed by atoms with van der Waals surface area (Å²) in [7, 11) is 0. The van der Waals surface area contributed by atoms with Gasteiger partial charge in [0.1, 0.15) is 0 Å². The Balaban J connectivity index is 2.16. The quantitative estimate of drug-likeness (QED) is 0.301. The fraction of sp³-hybridized carbons (Fsp3) is 0.211. The Morgan fingerprint density at radius 1 is 1.16 bits per heavy atom.